The van der Waals surface area contributed by atoms with Crippen molar-refractivity contribution in [1.29, 1.82) is 0 Å². The number of hydrogen-bond acceptors (Lipinski definition) is 5. The van der Waals surface area contributed by atoms with Crippen LogP contribution in [-0.2, 0) is 14.8 Å². The first kappa shape index (κ1) is 21.3. The van der Waals surface area contributed by atoms with Gasteiger partial charge in [-0.05, 0) is 42.5 Å². The van der Waals surface area contributed by atoms with Gasteiger partial charge in [-0.3, -0.25) is 4.79 Å². The van der Waals surface area contributed by atoms with Gasteiger partial charge in [-0.25, -0.2) is 8.42 Å². The molecule has 0 aromatic heterocycles. The standard InChI is InChI=1S/C21H27N3O4S/c1-3-24(4-2)29(26,27)20-7-5-6-17(16-20)21(25)22-18-8-10-19(11-9-18)23-12-14-28-15-13-23/h5-11,16H,3-4,12-15H2,1-2H3,(H,22,25). The van der Waals surface area contributed by atoms with Crippen LogP contribution in [0.3, 0.4) is 0 Å². The Labute approximate surface area is 172 Å². The van der Waals surface area contributed by atoms with Crippen molar-refractivity contribution in [3.05, 3.63) is 54.1 Å². The molecule has 0 spiro atoms. The van der Waals surface area contributed by atoms with Gasteiger partial charge < -0.3 is 15.0 Å². The monoisotopic (exact) mass is 417 g/mol. The van der Waals surface area contributed by atoms with E-state index in [1.54, 1.807) is 26.0 Å². The van der Waals surface area contributed by atoms with Crippen LogP contribution in [0, 0.1) is 0 Å². The molecule has 1 heterocycles. The molecule has 1 aliphatic heterocycles. The number of ether oxygens (including phenoxy) is 1. The number of carbonyl (C=O) groups excluding carboxylic acids is 1. The van der Waals surface area contributed by atoms with Crippen LogP contribution in [0.25, 0.3) is 0 Å². The van der Waals surface area contributed by atoms with Crippen molar-refractivity contribution < 1.29 is 17.9 Å². The lowest BCUT2D eigenvalue weighted by atomic mass is 10.2. The zero-order valence-electron chi connectivity index (χ0n) is 16.8. The summed E-state index contributed by atoms with van der Waals surface area (Å²) < 4.78 is 32.1. The Kier molecular flexibility index (Phi) is 6.89. The molecule has 0 atom stereocenters. The molecule has 1 aliphatic rings. The Balaban J connectivity index is 1.72. The number of carbonyl (C=O) groups is 1. The maximum Gasteiger partial charge on any atom is 0.255 e. The third-order valence-electron chi connectivity index (χ3n) is 4.94. The molecular formula is C21H27N3O4S. The summed E-state index contributed by atoms with van der Waals surface area (Å²) in [5, 5.41) is 2.83. The number of morpholine rings is 1. The van der Waals surface area contributed by atoms with Crippen LogP contribution in [0.5, 0.6) is 0 Å². The van der Waals surface area contributed by atoms with E-state index in [2.05, 4.69) is 10.2 Å². The van der Waals surface area contributed by atoms with E-state index < -0.39 is 10.0 Å². The van der Waals surface area contributed by atoms with Gasteiger partial charge in [0.1, 0.15) is 0 Å². The fraction of sp³-hybridized carbons (Fsp3) is 0.381. The first-order valence-corrected chi connectivity index (χ1v) is 11.2. The normalized spacial score (nSPS) is 14.8. The van der Waals surface area contributed by atoms with Gasteiger partial charge in [-0.1, -0.05) is 19.9 Å². The maximum absolute atomic E-state index is 12.7. The molecule has 2 aromatic carbocycles. The summed E-state index contributed by atoms with van der Waals surface area (Å²) in [6, 6.07) is 13.8. The average Bonchev–Trinajstić information content (AvgIpc) is 2.75. The van der Waals surface area contributed by atoms with Crippen molar-refractivity contribution in [1.82, 2.24) is 4.31 Å². The SMILES string of the molecule is CCN(CC)S(=O)(=O)c1cccc(C(=O)Nc2ccc(N3CCOCC3)cc2)c1. The quantitative estimate of drug-likeness (QED) is 0.749. The summed E-state index contributed by atoms with van der Waals surface area (Å²) in [7, 11) is -3.61. The van der Waals surface area contributed by atoms with E-state index in [0.29, 0.717) is 37.6 Å². The van der Waals surface area contributed by atoms with Crippen LogP contribution in [0.4, 0.5) is 11.4 Å². The highest BCUT2D eigenvalue weighted by Crippen LogP contribution is 2.21. The maximum atomic E-state index is 12.7. The topological polar surface area (TPSA) is 79.0 Å². The summed E-state index contributed by atoms with van der Waals surface area (Å²) in [4.78, 5) is 15.0. The minimum atomic E-state index is -3.61. The van der Waals surface area contributed by atoms with E-state index in [-0.39, 0.29) is 10.8 Å². The number of anilines is 2. The summed E-state index contributed by atoms with van der Waals surface area (Å²) in [5.74, 6) is -0.347. The zero-order chi connectivity index (χ0) is 20.9. The van der Waals surface area contributed by atoms with Crippen LogP contribution in [0.2, 0.25) is 0 Å². The van der Waals surface area contributed by atoms with Crippen molar-refractivity contribution in [3.63, 3.8) is 0 Å². The predicted octanol–water partition coefficient (Wildman–Crippen LogP) is 2.81. The molecule has 1 amide bonds. The number of nitrogens with zero attached hydrogens (tertiary/aromatic N) is 2. The number of hydrogen-bond donors (Lipinski definition) is 1. The second-order valence-corrected chi connectivity index (χ2v) is 8.66. The number of benzene rings is 2. The summed E-state index contributed by atoms with van der Waals surface area (Å²) in [6.45, 7) is 7.46. The Morgan fingerprint density at radius 3 is 2.34 bits per heavy atom. The fourth-order valence-corrected chi connectivity index (χ4v) is 4.80. The van der Waals surface area contributed by atoms with Gasteiger partial charge in [0.2, 0.25) is 10.0 Å². The van der Waals surface area contributed by atoms with Crippen LogP contribution < -0.4 is 10.2 Å². The smallest absolute Gasteiger partial charge is 0.255 e. The molecule has 156 valence electrons. The molecule has 8 heteroatoms. The van der Waals surface area contributed by atoms with E-state index in [1.165, 1.54) is 16.4 Å². The third-order valence-corrected chi connectivity index (χ3v) is 6.99. The highest BCUT2D eigenvalue weighted by atomic mass is 32.2. The highest BCUT2D eigenvalue weighted by Gasteiger charge is 2.22. The molecule has 3 rings (SSSR count). The Morgan fingerprint density at radius 2 is 1.72 bits per heavy atom. The third kappa shape index (κ3) is 4.95. The molecule has 2 aromatic rings. The Bertz CT molecular complexity index is 935. The van der Waals surface area contributed by atoms with Crippen LogP contribution in [0.15, 0.2) is 53.4 Å². The fourth-order valence-electron chi connectivity index (χ4n) is 3.29. The largest absolute Gasteiger partial charge is 0.378 e. The van der Waals surface area contributed by atoms with Crippen LogP contribution >= 0.6 is 0 Å². The van der Waals surface area contributed by atoms with Crippen molar-refractivity contribution >= 4 is 27.3 Å². The van der Waals surface area contributed by atoms with Gasteiger partial charge in [0.05, 0.1) is 18.1 Å². The molecule has 1 fully saturated rings. The van der Waals surface area contributed by atoms with Gasteiger partial charge in [0, 0.05) is 43.1 Å². The summed E-state index contributed by atoms with van der Waals surface area (Å²) in [6.07, 6.45) is 0. The van der Waals surface area contributed by atoms with E-state index in [4.69, 9.17) is 4.74 Å². The van der Waals surface area contributed by atoms with Gasteiger partial charge in [-0.2, -0.15) is 4.31 Å². The van der Waals surface area contributed by atoms with E-state index in [0.717, 1.165) is 18.8 Å². The number of rotatable bonds is 7. The molecule has 7 nitrogen and oxygen atoms in total. The lowest BCUT2D eigenvalue weighted by Gasteiger charge is -2.28. The summed E-state index contributed by atoms with van der Waals surface area (Å²) in [5.41, 5.74) is 2.04. The van der Waals surface area contributed by atoms with Crippen LogP contribution in [-0.4, -0.2) is 58.0 Å². The first-order chi connectivity index (χ1) is 14.0. The Hall–Kier alpha value is -2.42. The molecule has 1 saturated heterocycles. The minimum Gasteiger partial charge on any atom is -0.378 e. The Morgan fingerprint density at radius 1 is 1.07 bits per heavy atom. The number of sulfonamides is 1. The predicted molar refractivity (Wildman–Crippen MR) is 114 cm³/mol. The zero-order valence-corrected chi connectivity index (χ0v) is 17.6. The van der Waals surface area contributed by atoms with E-state index in [1.807, 2.05) is 24.3 Å². The van der Waals surface area contributed by atoms with Gasteiger partial charge in [0.15, 0.2) is 0 Å². The molecule has 0 bridgehead atoms. The van der Waals surface area contributed by atoms with Gasteiger partial charge >= 0.3 is 0 Å². The van der Waals surface area contributed by atoms with Crippen molar-refractivity contribution in [3.8, 4) is 0 Å². The van der Waals surface area contributed by atoms with Crippen molar-refractivity contribution in [2.45, 2.75) is 18.7 Å². The first-order valence-electron chi connectivity index (χ1n) is 9.80. The number of nitrogens with one attached hydrogen (secondary N) is 1. The van der Waals surface area contributed by atoms with E-state index >= 15 is 0 Å². The van der Waals surface area contributed by atoms with E-state index in [9.17, 15) is 13.2 Å². The highest BCUT2D eigenvalue weighted by molar-refractivity contribution is 7.89. The molecule has 1 N–H and O–H groups in total. The second-order valence-electron chi connectivity index (χ2n) is 6.72. The molecule has 0 saturated carbocycles. The number of amides is 1. The van der Waals surface area contributed by atoms with Gasteiger partial charge in [0.25, 0.3) is 5.91 Å². The lowest BCUT2D eigenvalue weighted by Crippen LogP contribution is -2.36. The summed E-state index contributed by atoms with van der Waals surface area (Å²) >= 11 is 0. The molecule has 29 heavy (non-hydrogen) atoms. The minimum absolute atomic E-state index is 0.122. The second kappa shape index (κ2) is 9.39. The van der Waals surface area contributed by atoms with Gasteiger partial charge in [-0.15, -0.1) is 0 Å². The lowest BCUT2D eigenvalue weighted by molar-refractivity contribution is 0.102. The van der Waals surface area contributed by atoms with Crippen LogP contribution in [0.1, 0.15) is 24.2 Å². The molecular weight excluding hydrogens is 390 g/mol. The average molecular weight is 418 g/mol. The van der Waals surface area contributed by atoms with Crippen molar-refractivity contribution in [2.24, 2.45) is 0 Å². The van der Waals surface area contributed by atoms with Crippen molar-refractivity contribution in [2.75, 3.05) is 49.6 Å². The molecule has 0 aliphatic carbocycles. The molecule has 0 radical (unpaired) electrons. The molecule has 0 unspecified atom stereocenters.